The van der Waals surface area contributed by atoms with Crippen LogP contribution in [-0.2, 0) is 5.54 Å². The number of carboxylic acids is 1. The van der Waals surface area contributed by atoms with Gasteiger partial charge >= 0.3 is 5.97 Å². The van der Waals surface area contributed by atoms with Crippen LogP contribution in [0.3, 0.4) is 0 Å². The van der Waals surface area contributed by atoms with Crippen molar-refractivity contribution in [1.82, 2.24) is 9.78 Å². The van der Waals surface area contributed by atoms with Crippen molar-refractivity contribution in [1.29, 1.82) is 0 Å². The van der Waals surface area contributed by atoms with Crippen LogP contribution in [0.25, 0.3) is 10.2 Å². The van der Waals surface area contributed by atoms with Crippen LogP contribution in [0.4, 0.5) is 0 Å². The number of thiophene rings is 1. The van der Waals surface area contributed by atoms with Crippen LogP contribution in [0.5, 0.6) is 0 Å². The Kier molecular flexibility index (Phi) is 2.32. The first-order chi connectivity index (χ1) is 8.38. The Hall–Kier alpha value is -1.36. The Morgan fingerprint density at radius 2 is 2.17 bits per heavy atom. The summed E-state index contributed by atoms with van der Waals surface area (Å²) in [6.07, 6.45) is 2.35. The van der Waals surface area contributed by atoms with Crippen LogP contribution in [0.2, 0.25) is 0 Å². The summed E-state index contributed by atoms with van der Waals surface area (Å²) in [6, 6.07) is 1.78. The number of hydrogen-bond acceptors (Lipinski definition) is 3. The van der Waals surface area contributed by atoms with Crippen molar-refractivity contribution in [2.24, 2.45) is 0 Å². The summed E-state index contributed by atoms with van der Waals surface area (Å²) in [5.74, 6) is -0.314. The van der Waals surface area contributed by atoms with Crippen molar-refractivity contribution in [3.05, 3.63) is 16.6 Å². The van der Waals surface area contributed by atoms with Crippen molar-refractivity contribution in [3.63, 3.8) is 0 Å². The number of carboxylic acid groups (broad SMARTS) is 1. The molecule has 0 unspecified atom stereocenters. The molecule has 2 aromatic rings. The highest BCUT2D eigenvalue weighted by Crippen LogP contribution is 2.45. The molecule has 0 amide bonds. The molecule has 0 radical (unpaired) electrons. The Morgan fingerprint density at radius 3 is 2.67 bits per heavy atom. The fraction of sp³-hybridized carbons (Fsp3) is 0.538. The lowest BCUT2D eigenvalue weighted by Gasteiger charge is -2.19. The first-order valence-corrected chi connectivity index (χ1v) is 6.96. The van der Waals surface area contributed by atoms with Crippen molar-refractivity contribution < 1.29 is 9.90 Å². The highest BCUT2D eigenvalue weighted by atomic mass is 32.1. The zero-order valence-electron chi connectivity index (χ0n) is 10.7. The van der Waals surface area contributed by atoms with Gasteiger partial charge in [0.25, 0.3) is 0 Å². The predicted molar refractivity (Wildman–Crippen MR) is 71.5 cm³/mol. The average molecular weight is 264 g/mol. The molecule has 0 bridgehead atoms. The Morgan fingerprint density at radius 1 is 1.50 bits per heavy atom. The highest BCUT2D eigenvalue weighted by molar-refractivity contribution is 7.20. The number of carbonyl (C=O) groups is 1. The van der Waals surface area contributed by atoms with Gasteiger partial charge in [-0.2, -0.15) is 5.10 Å². The van der Waals surface area contributed by atoms with E-state index in [1.807, 2.05) is 4.68 Å². The lowest BCUT2D eigenvalue weighted by Crippen LogP contribution is -2.22. The van der Waals surface area contributed by atoms with E-state index < -0.39 is 5.97 Å². The zero-order chi connectivity index (χ0) is 13.1. The van der Waals surface area contributed by atoms with Gasteiger partial charge in [-0.3, -0.25) is 0 Å². The molecule has 0 atom stereocenters. The molecule has 1 saturated carbocycles. The highest BCUT2D eigenvalue weighted by Gasteiger charge is 2.32. The van der Waals surface area contributed by atoms with Gasteiger partial charge in [0.05, 0.1) is 11.2 Å². The lowest BCUT2D eigenvalue weighted by atomic mass is 10.1. The summed E-state index contributed by atoms with van der Waals surface area (Å²) in [5, 5.41) is 14.9. The molecule has 2 aromatic heterocycles. The number of aromatic carboxylic acids is 1. The summed E-state index contributed by atoms with van der Waals surface area (Å²) in [5.41, 5.74) is 0.968. The summed E-state index contributed by atoms with van der Waals surface area (Å²) in [6.45, 7) is 6.28. The molecular formula is C13H16N2O2S. The van der Waals surface area contributed by atoms with Crippen molar-refractivity contribution in [2.75, 3.05) is 0 Å². The molecule has 4 nitrogen and oxygen atoms in total. The minimum absolute atomic E-state index is 0.119. The summed E-state index contributed by atoms with van der Waals surface area (Å²) in [7, 11) is 0. The molecule has 0 aromatic carbocycles. The van der Waals surface area contributed by atoms with Crippen LogP contribution in [0, 0.1) is 0 Å². The van der Waals surface area contributed by atoms with E-state index in [4.69, 9.17) is 10.2 Å². The smallest absolute Gasteiger partial charge is 0.345 e. The quantitative estimate of drug-likeness (QED) is 0.904. The van der Waals surface area contributed by atoms with Crippen LogP contribution in [0.1, 0.15) is 54.9 Å². The van der Waals surface area contributed by atoms with Gasteiger partial charge in [-0.15, -0.1) is 11.3 Å². The van der Waals surface area contributed by atoms with Gasteiger partial charge < -0.3 is 5.11 Å². The van der Waals surface area contributed by atoms with Crippen molar-refractivity contribution in [2.45, 2.75) is 45.1 Å². The normalized spacial score (nSPS) is 16.4. The minimum Gasteiger partial charge on any atom is -0.477 e. The van der Waals surface area contributed by atoms with Gasteiger partial charge in [0.15, 0.2) is 0 Å². The second-order valence-corrected chi connectivity index (χ2v) is 6.91. The largest absolute Gasteiger partial charge is 0.477 e. The molecule has 0 saturated heterocycles. The minimum atomic E-state index is -0.849. The first-order valence-electron chi connectivity index (χ1n) is 6.14. The maximum absolute atomic E-state index is 11.1. The number of rotatable bonds is 2. The van der Waals surface area contributed by atoms with E-state index in [9.17, 15) is 4.79 Å². The summed E-state index contributed by atoms with van der Waals surface area (Å²) < 4.78 is 1.98. The molecule has 1 aliphatic rings. The third kappa shape index (κ3) is 1.73. The summed E-state index contributed by atoms with van der Waals surface area (Å²) in [4.78, 5) is 12.5. The van der Waals surface area contributed by atoms with Gasteiger partial charge in [0.1, 0.15) is 9.71 Å². The molecule has 0 spiro atoms. The van der Waals surface area contributed by atoms with Gasteiger partial charge in [-0.25, -0.2) is 9.48 Å². The fourth-order valence-electron chi connectivity index (χ4n) is 2.15. The topological polar surface area (TPSA) is 55.1 Å². The van der Waals surface area contributed by atoms with Gasteiger partial charge in [-0.05, 0) is 39.7 Å². The Labute approximate surface area is 109 Å². The fourth-order valence-corrected chi connectivity index (χ4v) is 3.29. The van der Waals surface area contributed by atoms with Crippen LogP contribution in [-0.4, -0.2) is 20.9 Å². The monoisotopic (exact) mass is 264 g/mol. The zero-order valence-corrected chi connectivity index (χ0v) is 11.5. The molecule has 1 aliphatic carbocycles. The van der Waals surface area contributed by atoms with Gasteiger partial charge in [0.2, 0.25) is 0 Å². The third-order valence-corrected chi connectivity index (χ3v) is 4.30. The van der Waals surface area contributed by atoms with E-state index in [1.54, 1.807) is 6.07 Å². The van der Waals surface area contributed by atoms with Crippen molar-refractivity contribution in [3.8, 4) is 0 Å². The number of nitrogens with zero attached hydrogens (tertiary/aromatic N) is 2. The number of hydrogen-bond donors (Lipinski definition) is 1. The van der Waals surface area contributed by atoms with E-state index in [0.29, 0.717) is 10.8 Å². The SMILES string of the molecule is CC(C)(C)n1nc(C2CC2)c2cc(C(=O)O)sc21. The molecule has 1 N–H and O–H groups in total. The third-order valence-electron chi connectivity index (χ3n) is 3.20. The first kappa shape index (κ1) is 11.7. The molecule has 3 rings (SSSR count). The van der Waals surface area contributed by atoms with E-state index >= 15 is 0 Å². The molecule has 1 fully saturated rings. The Balaban J connectivity index is 2.26. The van der Waals surface area contributed by atoms with Crippen LogP contribution in [0.15, 0.2) is 6.07 Å². The number of fused-ring (bicyclic) bond motifs is 1. The second-order valence-electron chi connectivity index (χ2n) is 5.88. The molecular weight excluding hydrogens is 248 g/mol. The average Bonchev–Trinajstić information content (AvgIpc) is 2.87. The van der Waals surface area contributed by atoms with E-state index in [0.717, 1.165) is 15.9 Å². The Bertz CT molecular complexity index is 629. The molecule has 18 heavy (non-hydrogen) atoms. The van der Waals surface area contributed by atoms with E-state index in [-0.39, 0.29) is 5.54 Å². The van der Waals surface area contributed by atoms with Crippen LogP contribution < -0.4 is 0 Å². The van der Waals surface area contributed by atoms with E-state index in [2.05, 4.69) is 20.8 Å². The second kappa shape index (κ2) is 3.57. The standard InChI is InChI=1S/C13H16N2O2S/c1-13(2,3)15-11-8(6-9(18-11)12(16)17)10(14-15)7-4-5-7/h6-7H,4-5H2,1-3H3,(H,16,17). The molecule has 0 aliphatic heterocycles. The maximum atomic E-state index is 11.1. The molecule has 2 heterocycles. The van der Waals surface area contributed by atoms with E-state index in [1.165, 1.54) is 24.2 Å². The summed E-state index contributed by atoms with van der Waals surface area (Å²) >= 11 is 1.33. The van der Waals surface area contributed by atoms with Crippen LogP contribution >= 0.6 is 11.3 Å². The predicted octanol–water partition coefficient (Wildman–Crippen LogP) is 3.43. The maximum Gasteiger partial charge on any atom is 0.345 e. The van der Waals surface area contributed by atoms with Crippen molar-refractivity contribution >= 4 is 27.5 Å². The van der Waals surface area contributed by atoms with Gasteiger partial charge in [-0.1, -0.05) is 0 Å². The molecule has 5 heteroatoms. The number of aromatic nitrogens is 2. The molecule has 96 valence electrons. The van der Waals surface area contributed by atoms with Gasteiger partial charge in [0, 0.05) is 11.3 Å². The lowest BCUT2D eigenvalue weighted by molar-refractivity contribution is 0.0702.